The van der Waals surface area contributed by atoms with E-state index in [-0.39, 0.29) is 10.8 Å². The zero-order chi connectivity index (χ0) is 21.0. The van der Waals surface area contributed by atoms with E-state index in [1.54, 1.807) is 35.3 Å². The molecule has 1 aromatic heterocycles. The van der Waals surface area contributed by atoms with E-state index < -0.39 is 9.84 Å². The Bertz CT molecular complexity index is 1140. The zero-order valence-electron chi connectivity index (χ0n) is 16.6. The number of thiazole rings is 1. The van der Waals surface area contributed by atoms with Gasteiger partial charge in [-0.15, -0.1) is 0 Å². The maximum atomic E-state index is 12.9. The molecule has 152 valence electrons. The van der Waals surface area contributed by atoms with Crippen molar-refractivity contribution in [3.63, 3.8) is 0 Å². The van der Waals surface area contributed by atoms with Crippen LogP contribution in [0.25, 0.3) is 16.3 Å². The van der Waals surface area contributed by atoms with Crippen LogP contribution >= 0.6 is 11.3 Å². The first-order valence-corrected chi connectivity index (χ1v) is 11.7. The van der Waals surface area contributed by atoms with Crippen LogP contribution in [0.15, 0.2) is 59.5 Å². The van der Waals surface area contributed by atoms with E-state index >= 15 is 0 Å². The number of amides is 1. The number of rotatable bonds is 7. The summed E-state index contributed by atoms with van der Waals surface area (Å²) in [5.74, 6) is -0.168. The summed E-state index contributed by atoms with van der Waals surface area (Å²) in [5.41, 5.74) is 1.61. The van der Waals surface area contributed by atoms with Crippen LogP contribution in [-0.4, -0.2) is 57.6 Å². The smallest absolute Gasteiger partial charge is 0.252 e. The molecule has 0 spiro atoms. The average molecular weight is 430 g/mol. The molecule has 8 heteroatoms. The van der Waals surface area contributed by atoms with Crippen molar-refractivity contribution in [1.29, 1.82) is 0 Å². The predicted octanol–water partition coefficient (Wildman–Crippen LogP) is 3.31. The molecule has 0 unspecified atom stereocenters. The molecule has 29 heavy (non-hydrogen) atoms. The van der Waals surface area contributed by atoms with Gasteiger partial charge in [0.2, 0.25) is 0 Å². The number of carbonyl (C=O) groups excluding carboxylic acids is 1. The van der Waals surface area contributed by atoms with Gasteiger partial charge in [0.25, 0.3) is 5.91 Å². The highest BCUT2D eigenvalue weighted by Crippen LogP contribution is 2.31. The van der Waals surface area contributed by atoms with Gasteiger partial charge in [-0.2, -0.15) is 0 Å². The summed E-state index contributed by atoms with van der Waals surface area (Å²) in [6.07, 6.45) is 4.50. The summed E-state index contributed by atoms with van der Waals surface area (Å²) in [5, 5.41) is 0.551. The Morgan fingerprint density at radius 2 is 1.83 bits per heavy atom. The third-order valence-electron chi connectivity index (χ3n) is 4.26. The van der Waals surface area contributed by atoms with Crippen molar-refractivity contribution < 1.29 is 13.2 Å². The van der Waals surface area contributed by atoms with Crippen molar-refractivity contribution in [2.45, 2.75) is 4.90 Å². The molecule has 0 saturated carbocycles. The maximum absolute atomic E-state index is 12.9. The lowest BCUT2D eigenvalue weighted by atomic mass is 10.2. The highest BCUT2D eigenvalue weighted by Gasteiger charge is 2.19. The fourth-order valence-corrected chi connectivity index (χ4v) is 4.42. The molecule has 0 aliphatic rings. The van der Waals surface area contributed by atoms with Gasteiger partial charge in [-0.25, -0.2) is 13.4 Å². The topological polar surface area (TPSA) is 70.6 Å². The number of aromatic nitrogens is 1. The van der Waals surface area contributed by atoms with Crippen molar-refractivity contribution in [1.82, 2.24) is 9.88 Å². The largest absolute Gasteiger partial charge is 0.308 e. The van der Waals surface area contributed by atoms with Crippen molar-refractivity contribution in [2.75, 3.05) is 38.3 Å². The third kappa shape index (κ3) is 5.50. The Balaban J connectivity index is 1.93. The minimum Gasteiger partial charge on any atom is -0.308 e. The predicted molar refractivity (Wildman–Crippen MR) is 119 cm³/mol. The Kier molecular flexibility index (Phi) is 6.46. The molecule has 0 aliphatic carbocycles. The second-order valence-electron chi connectivity index (χ2n) is 6.94. The van der Waals surface area contributed by atoms with E-state index in [4.69, 9.17) is 0 Å². The van der Waals surface area contributed by atoms with Crippen LogP contribution in [0, 0.1) is 0 Å². The molecule has 2 aromatic carbocycles. The third-order valence-corrected chi connectivity index (χ3v) is 6.41. The highest BCUT2D eigenvalue weighted by molar-refractivity contribution is 7.90. The molecule has 3 aromatic rings. The molecule has 0 atom stereocenters. The first-order chi connectivity index (χ1) is 13.7. The molecule has 0 radical (unpaired) electrons. The molecule has 0 N–H and O–H groups in total. The van der Waals surface area contributed by atoms with Gasteiger partial charge in [-0.05, 0) is 43.9 Å². The number of carbonyl (C=O) groups is 1. The van der Waals surface area contributed by atoms with Crippen molar-refractivity contribution >= 4 is 48.5 Å². The number of benzene rings is 2. The van der Waals surface area contributed by atoms with Gasteiger partial charge in [0.1, 0.15) is 0 Å². The van der Waals surface area contributed by atoms with E-state index in [0.717, 1.165) is 10.3 Å². The number of likely N-dealkylation sites (N-methyl/N-ethyl adjacent to an activating group) is 1. The molecule has 6 nitrogen and oxygen atoms in total. The summed E-state index contributed by atoms with van der Waals surface area (Å²) < 4.78 is 24.4. The van der Waals surface area contributed by atoms with Crippen LogP contribution in [0.4, 0.5) is 5.13 Å². The Morgan fingerprint density at radius 1 is 1.10 bits per heavy atom. The minimum atomic E-state index is -3.30. The van der Waals surface area contributed by atoms with Gasteiger partial charge in [-0.3, -0.25) is 9.69 Å². The zero-order valence-corrected chi connectivity index (χ0v) is 18.2. The van der Waals surface area contributed by atoms with Gasteiger partial charge in [-0.1, -0.05) is 41.7 Å². The normalized spacial score (nSPS) is 12.1. The molecule has 0 aliphatic heterocycles. The Morgan fingerprint density at radius 3 is 2.48 bits per heavy atom. The molecule has 3 rings (SSSR count). The van der Waals surface area contributed by atoms with Crippen LogP contribution in [0.5, 0.6) is 0 Å². The molecular formula is C21H23N3O3S2. The van der Waals surface area contributed by atoms with Gasteiger partial charge < -0.3 is 4.90 Å². The quantitative estimate of drug-likeness (QED) is 0.539. The van der Waals surface area contributed by atoms with Crippen molar-refractivity contribution in [3.8, 4) is 0 Å². The van der Waals surface area contributed by atoms with Crippen molar-refractivity contribution in [2.24, 2.45) is 0 Å². The second-order valence-corrected chi connectivity index (χ2v) is 9.96. The first kappa shape index (κ1) is 21.2. The lowest BCUT2D eigenvalue weighted by Crippen LogP contribution is -2.35. The molecular weight excluding hydrogens is 406 g/mol. The molecule has 1 amide bonds. The Hall–Kier alpha value is -2.55. The van der Waals surface area contributed by atoms with E-state index in [0.29, 0.717) is 23.7 Å². The second kappa shape index (κ2) is 8.86. The summed E-state index contributed by atoms with van der Waals surface area (Å²) in [6.45, 7) is 1.15. The van der Waals surface area contributed by atoms with Crippen LogP contribution in [0.2, 0.25) is 0 Å². The Labute approximate surface area is 175 Å². The van der Waals surface area contributed by atoms with Crippen molar-refractivity contribution in [3.05, 3.63) is 60.2 Å². The van der Waals surface area contributed by atoms with Gasteiger partial charge >= 0.3 is 0 Å². The number of hydrogen-bond acceptors (Lipinski definition) is 6. The SMILES string of the molecule is CN(C)CCN(C(=O)/C=C/c1ccccc1)c1nc2ccc(S(C)(=O)=O)cc2s1. The van der Waals surface area contributed by atoms with E-state index in [2.05, 4.69) is 4.98 Å². The number of sulfone groups is 1. The van der Waals surface area contributed by atoms with E-state index in [1.165, 1.54) is 17.6 Å². The summed E-state index contributed by atoms with van der Waals surface area (Å²) in [4.78, 5) is 21.4. The van der Waals surface area contributed by atoms with Gasteiger partial charge in [0, 0.05) is 25.4 Å². The number of hydrogen-bond donors (Lipinski definition) is 0. The average Bonchev–Trinajstić information content (AvgIpc) is 3.09. The summed E-state index contributed by atoms with van der Waals surface area (Å²) in [7, 11) is 0.585. The number of anilines is 1. The fraction of sp³-hybridized carbons (Fsp3) is 0.238. The first-order valence-electron chi connectivity index (χ1n) is 9.04. The summed E-state index contributed by atoms with van der Waals surface area (Å²) in [6, 6.07) is 14.5. The molecule has 0 saturated heterocycles. The van der Waals surface area contributed by atoms with Crippen LogP contribution in [-0.2, 0) is 14.6 Å². The van der Waals surface area contributed by atoms with Crippen LogP contribution in [0.1, 0.15) is 5.56 Å². The van der Waals surface area contributed by atoms with E-state index in [1.807, 2.05) is 49.3 Å². The summed E-state index contributed by atoms with van der Waals surface area (Å²) >= 11 is 1.31. The highest BCUT2D eigenvalue weighted by atomic mass is 32.2. The fourth-order valence-electron chi connectivity index (χ4n) is 2.66. The number of fused-ring (bicyclic) bond motifs is 1. The van der Waals surface area contributed by atoms with Crippen LogP contribution < -0.4 is 4.90 Å². The van der Waals surface area contributed by atoms with Gasteiger partial charge in [0.05, 0.1) is 15.1 Å². The van der Waals surface area contributed by atoms with E-state index in [9.17, 15) is 13.2 Å². The monoisotopic (exact) mass is 429 g/mol. The molecule has 1 heterocycles. The van der Waals surface area contributed by atoms with Crippen LogP contribution in [0.3, 0.4) is 0 Å². The standard InChI is InChI=1S/C21H23N3O3S2/c1-23(2)13-14-24(20(25)12-9-16-7-5-4-6-8-16)21-22-18-11-10-17(29(3,26)27)15-19(18)28-21/h4-12,15H,13-14H2,1-3H3/b12-9+. The number of nitrogens with zero attached hydrogens (tertiary/aromatic N) is 3. The minimum absolute atomic E-state index is 0.168. The lowest BCUT2D eigenvalue weighted by molar-refractivity contribution is -0.114. The molecule has 0 bridgehead atoms. The lowest BCUT2D eigenvalue weighted by Gasteiger charge is -2.20. The maximum Gasteiger partial charge on any atom is 0.252 e. The van der Waals surface area contributed by atoms with Gasteiger partial charge in [0.15, 0.2) is 15.0 Å². The molecule has 0 fully saturated rings.